The van der Waals surface area contributed by atoms with Crippen molar-refractivity contribution in [2.45, 2.75) is 6.92 Å². The van der Waals surface area contributed by atoms with E-state index in [0.717, 1.165) is 15.4 Å². The van der Waals surface area contributed by atoms with Gasteiger partial charge in [-0.05, 0) is 54.3 Å². The molecule has 0 fully saturated rings. The molecule has 0 unspecified atom stereocenters. The molecule has 1 N–H and O–H groups in total. The van der Waals surface area contributed by atoms with Gasteiger partial charge in [-0.15, -0.1) is 22.7 Å². The molecule has 0 aliphatic carbocycles. The van der Waals surface area contributed by atoms with Crippen LogP contribution in [-0.4, -0.2) is 15.9 Å². The first-order valence-corrected chi connectivity index (χ1v) is 10.3. The summed E-state index contributed by atoms with van der Waals surface area (Å²) in [6.07, 6.45) is 1.57. The van der Waals surface area contributed by atoms with Gasteiger partial charge in [0.15, 0.2) is 0 Å². The average molecular weight is 419 g/mol. The van der Waals surface area contributed by atoms with Crippen LogP contribution in [0.1, 0.15) is 21.6 Å². The van der Waals surface area contributed by atoms with Crippen LogP contribution in [0.3, 0.4) is 0 Å². The van der Waals surface area contributed by atoms with Crippen LogP contribution in [0.2, 0.25) is 0 Å². The standard InChI is InChI=1S/C21H14N4O2S2/c1-13-10-15(27-20-14(11-22)4-2-8-23-20)6-7-16(13)24-19(26)17-12-29-21(25-17)18-5-3-9-28-18/h2-10,12H,1H3,(H,24,26). The minimum absolute atomic E-state index is 0.245. The van der Waals surface area contributed by atoms with Crippen molar-refractivity contribution in [1.82, 2.24) is 9.97 Å². The van der Waals surface area contributed by atoms with Crippen LogP contribution in [0.15, 0.2) is 59.4 Å². The Balaban J connectivity index is 1.48. The van der Waals surface area contributed by atoms with Crippen LogP contribution < -0.4 is 10.1 Å². The van der Waals surface area contributed by atoms with E-state index in [1.165, 1.54) is 11.3 Å². The second-order valence-corrected chi connectivity index (χ2v) is 7.82. The molecule has 1 amide bonds. The summed E-state index contributed by atoms with van der Waals surface area (Å²) in [6, 6.07) is 14.6. The SMILES string of the molecule is Cc1cc(Oc2ncccc2C#N)ccc1NC(=O)c1csc(-c2cccs2)n1. The smallest absolute Gasteiger partial charge is 0.275 e. The summed E-state index contributed by atoms with van der Waals surface area (Å²) in [6.45, 7) is 1.87. The average Bonchev–Trinajstić information content (AvgIpc) is 3.42. The lowest BCUT2D eigenvalue weighted by Crippen LogP contribution is -2.13. The highest BCUT2D eigenvalue weighted by molar-refractivity contribution is 7.20. The van der Waals surface area contributed by atoms with Crippen LogP contribution in [0.25, 0.3) is 9.88 Å². The van der Waals surface area contributed by atoms with Gasteiger partial charge in [-0.1, -0.05) is 6.07 Å². The number of nitrogens with zero attached hydrogens (tertiary/aromatic N) is 3. The minimum atomic E-state index is -0.266. The molecular weight excluding hydrogens is 404 g/mol. The van der Waals surface area contributed by atoms with Crippen molar-refractivity contribution in [1.29, 1.82) is 5.26 Å². The quantitative estimate of drug-likeness (QED) is 0.463. The Morgan fingerprint density at radius 3 is 2.86 bits per heavy atom. The van der Waals surface area contributed by atoms with Crippen molar-refractivity contribution < 1.29 is 9.53 Å². The second kappa shape index (κ2) is 8.22. The number of nitriles is 1. The molecule has 4 rings (SSSR count). The van der Waals surface area contributed by atoms with E-state index in [1.807, 2.05) is 30.5 Å². The predicted octanol–water partition coefficient (Wildman–Crippen LogP) is 5.49. The van der Waals surface area contributed by atoms with E-state index in [-0.39, 0.29) is 11.8 Å². The molecule has 0 aliphatic rings. The third-order valence-corrected chi connectivity index (χ3v) is 5.90. The fourth-order valence-electron chi connectivity index (χ4n) is 2.59. The van der Waals surface area contributed by atoms with Gasteiger partial charge in [0.2, 0.25) is 5.88 Å². The molecule has 8 heteroatoms. The van der Waals surface area contributed by atoms with Crippen LogP contribution in [-0.2, 0) is 0 Å². The number of thiophene rings is 1. The monoisotopic (exact) mass is 418 g/mol. The number of thiazole rings is 1. The van der Waals surface area contributed by atoms with E-state index >= 15 is 0 Å². The molecule has 4 aromatic rings. The van der Waals surface area contributed by atoms with Crippen LogP contribution in [0, 0.1) is 18.3 Å². The van der Waals surface area contributed by atoms with Gasteiger partial charge < -0.3 is 10.1 Å². The number of pyridine rings is 1. The number of carbonyl (C=O) groups is 1. The first kappa shape index (κ1) is 18.8. The largest absolute Gasteiger partial charge is 0.438 e. The molecule has 29 heavy (non-hydrogen) atoms. The van der Waals surface area contributed by atoms with Crippen molar-refractivity contribution >= 4 is 34.3 Å². The lowest BCUT2D eigenvalue weighted by molar-refractivity contribution is 0.102. The summed E-state index contributed by atoms with van der Waals surface area (Å²) in [7, 11) is 0. The van der Waals surface area contributed by atoms with Crippen molar-refractivity contribution in [2.75, 3.05) is 5.32 Å². The number of ether oxygens (including phenoxy) is 1. The number of rotatable bonds is 5. The summed E-state index contributed by atoms with van der Waals surface area (Å²) in [5, 5.41) is 16.6. The number of aryl methyl sites for hydroxylation is 1. The Bertz CT molecular complexity index is 1210. The van der Waals surface area contributed by atoms with Gasteiger partial charge in [-0.25, -0.2) is 9.97 Å². The number of aromatic nitrogens is 2. The molecule has 0 saturated carbocycles. The number of benzene rings is 1. The highest BCUT2D eigenvalue weighted by atomic mass is 32.1. The molecular formula is C21H14N4O2S2. The van der Waals surface area contributed by atoms with E-state index in [2.05, 4.69) is 15.3 Å². The molecule has 142 valence electrons. The first-order chi connectivity index (χ1) is 14.1. The fraction of sp³-hybridized carbons (Fsp3) is 0.0476. The third kappa shape index (κ3) is 4.16. The molecule has 3 heterocycles. The molecule has 0 spiro atoms. The summed E-state index contributed by atoms with van der Waals surface area (Å²) in [5.74, 6) is 0.511. The summed E-state index contributed by atoms with van der Waals surface area (Å²) >= 11 is 3.03. The van der Waals surface area contributed by atoms with Crippen LogP contribution in [0.4, 0.5) is 5.69 Å². The van der Waals surface area contributed by atoms with Gasteiger partial charge in [0, 0.05) is 17.3 Å². The Labute approximate surface area is 175 Å². The van der Waals surface area contributed by atoms with Gasteiger partial charge in [0.25, 0.3) is 5.91 Å². The number of nitrogens with one attached hydrogen (secondary N) is 1. The first-order valence-electron chi connectivity index (χ1n) is 8.58. The van der Waals surface area contributed by atoms with Gasteiger partial charge in [0.1, 0.15) is 28.1 Å². The predicted molar refractivity (Wildman–Crippen MR) is 114 cm³/mol. The number of anilines is 1. The molecule has 6 nitrogen and oxygen atoms in total. The molecule has 0 aliphatic heterocycles. The van der Waals surface area contributed by atoms with Gasteiger partial charge >= 0.3 is 0 Å². The highest BCUT2D eigenvalue weighted by Gasteiger charge is 2.14. The number of hydrogen-bond acceptors (Lipinski definition) is 7. The molecule has 3 aromatic heterocycles. The Morgan fingerprint density at radius 2 is 2.10 bits per heavy atom. The molecule has 0 radical (unpaired) electrons. The Morgan fingerprint density at radius 1 is 1.21 bits per heavy atom. The second-order valence-electron chi connectivity index (χ2n) is 6.02. The molecule has 0 atom stereocenters. The van der Waals surface area contributed by atoms with E-state index in [9.17, 15) is 4.79 Å². The Hall–Kier alpha value is -3.54. The summed E-state index contributed by atoms with van der Waals surface area (Å²) in [4.78, 5) is 22.1. The zero-order valence-electron chi connectivity index (χ0n) is 15.2. The number of carbonyl (C=O) groups excluding carboxylic acids is 1. The zero-order chi connectivity index (χ0) is 20.2. The summed E-state index contributed by atoms with van der Waals surface area (Å²) < 4.78 is 5.71. The van der Waals surface area contributed by atoms with Crippen molar-refractivity contribution in [2.24, 2.45) is 0 Å². The van der Waals surface area contributed by atoms with E-state index < -0.39 is 0 Å². The van der Waals surface area contributed by atoms with Gasteiger partial charge in [-0.2, -0.15) is 5.26 Å². The van der Waals surface area contributed by atoms with Crippen molar-refractivity contribution in [3.05, 3.63) is 76.2 Å². The highest BCUT2D eigenvalue weighted by Crippen LogP contribution is 2.29. The number of amides is 1. The van der Waals surface area contributed by atoms with Gasteiger partial charge in [-0.3, -0.25) is 4.79 Å². The normalized spacial score (nSPS) is 10.3. The van der Waals surface area contributed by atoms with Crippen molar-refractivity contribution in [3.63, 3.8) is 0 Å². The molecule has 0 bridgehead atoms. The topological polar surface area (TPSA) is 87.9 Å². The van der Waals surface area contributed by atoms with Gasteiger partial charge in [0.05, 0.1) is 4.88 Å². The Kier molecular flexibility index (Phi) is 5.33. The maximum Gasteiger partial charge on any atom is 0.275 e. The van der Waals surface area contributed by atoms with E-state index in [0.29, 0.717) is 22.7 Å². The third-order valence-electron chi connectivity index (χ3n) is 4.02. The number of hydrogen-bond donors (Lipinski definition) is 1. The maximum atomic E-state index is 12.6. The minimum Gasteiger partial charge on any atom is -0.438 e. The van der Waals surface area contributed by atoms with E-state index in [4.69, 9.17) is 10.00 Å². The lowest BCUT2D eigenvalue weighted by atomic mass is 10.2. The maximum absolute atomic E-state index is 12.6. The lowest BCUT2D eigenvalue weighted by Gasteiger charge is -2.10. The van der Waals surface area contributed by atoms with E-state index in [1.54, 1.807) is 53.2 Å². The molecule has 0 saturated heterocycles. The summed E-state index contributed by atoms with van der Waals surface area (Å²) in [5.41, 5.74) is 2.21. The zero-order valence-corrected chi connectivity index (χ0v) is 16.9. The fourth-order valence-corrected chi connectivity index (χ4v) is 4.20. The van der Waals surface area contributed by atoms with Crippen LogP contribution >= 0.6 is 22.7 Å². The van der Waals surface area contributed by atoms with Crippen molar-refractivity contribution in [3.8, 4) is 27.6 Å². The van der Waals surface area contributed by atoms with Crippen LogP contribution in [0.5, 0.6) is 11.6 Å². The molecule has 1 aromatic carbocycles.